The average molecular weight is 232 g/mol. The normalized spacial score (nSPS) is 12.3. The first kappa shape index (κ1) is 10.3. The molecule has 0 radical (unpaired) electrons. The van der Waals surface area contributed by atoms with Crippen molar-refractivity contribution in [2.24, 2.45) is 0 Å². The fourth-order valence-corrected chi connectivity index (χ4v) is 1.59. The third kappa shape index (κ3) is 2.07. The zero-order chi connectivity index (χ0) is 11.1. The van der Waals surface area contributed by atoms with E-state index in [0.29, 0.717) is 11.0 Å². The third-order valence-corrected chi connectivity index (χ3v) is 2.22. The second-order valence-corrected chi connectivity index (χ2v) is 3.77. The number of nitrogens with zero attached hydrogens (tertiary/aromatic N) is 3. The smallest absolute Gasteiger partial charge is 0.262 e. The zero-order valence-electron chi connectivity index (χ0n) is 7.91. The molecule has 0 aliphatic carbocycles. The second kappa shape index (κ2) is 3.41. The van der Waals surface area contributed by atoms with Crippen molar-refractivity contribution in [2.45, 2.75) is 19.4 Å². The van der Waals surface area contributed by atoms with Gasteiger partial charge in [0.15, 0.2) is 5.15 Å². The average Bonchev–Trinajstić information content (AvgIpc) is 2.48. The second-order valence-electron chi connectivity index (χ2n) is 3.41. The van der Waals surface area contributed by atoms with E-state index in [1.54, 1.807) is 6.07 Å². The van der Waals surface area contributed by atoms with Gasteiger partial charge in [-0.15, -0.1) is 0 Å². The molecule has 0 saturated heterocycles. The van der Waals surface area contributed by atoms with Gasteiger partial charge in [-0.05, 0) is 6.07 Å². The first-order valence-electron chi connectivity index (χ1n) is 4.30. The van der Waals surface area contributed by atoms with Crippen LogP contribution in [-0.4, -0.2) is 20.5 Å². The van der Waals surface area contributed by atoms with Gasteiger partial charge in [-0.2, -0.15) is 0 Å². The maximum atomic E-state index is 12.8. The molecule has 3 nitrogen and oxygen atoms in total. The maximum absolute atomic E-state index is 12.8. The number of hydrogen-bond acceptors (Lipinski definition) is 2. The number of halogens is 3. The first-order chi connectivity index (χ1) is 6.97. The van der Waals surface area contributed by atoms with Crippen LogP contribution in [-0.2, 0) is 6.54 Å². The van der Waals surface area contributed by atoms with E-state index in [-0.39, 0.29) is 5.15 Å². The fourth-order valence-electron chi connectivity index (χ4n) is 1.38. The lowest BCUT2D eigenvalue weighted by Crippen LogP contribution is -2.18. The van der Waals surface area contributed by atoms with E-state index in [1.165, 1.54) is 17.1 Å². The molecular formula is C9H8ClF2N3. The fraction of sp³-hybridized carbons (Fsp3) is 0.333. The molecule has 2 heterocycles. The lowest BCUT2D eigenvalue weighted by molar-refractivity contribution is 0.00495. The molecule has 2 aromatic heterocycles. The van der Waals surface area contributed by atoms with Gasteiger partial charge in [0, 0.05) is 13.1 Å². The summed E-state index contributed by atoms with van der Waals surface area (Å²) < 4.78 is 27.0. The number of rotatable bonds is 2. The monoisotopic (exact) mass is 231 g/mol. The van der Waals surface area contributed by atoms with Crippen LogP contribution in [0.15, 0.2) is 18.6 Å². The zero-order valence-corrected chi connectivity index (χ0v) is 8.67. The Labute approximate surface area is 89.7 Å². The number of pyridine rings is 1. The number of fused-ring (bicyclic) bond motifs is 1. The van der Waals surface area contributed by atoms with Crippen molar-refractivity contribution in [2.75, 3.05) is 0 Å². The summed E-state index contributed by atoms with van der Waals surface area (Å²) in [6.07, 6.45) is 2.81. The molecule has 2 aromatic rings. The summed E-state index contributed by atoms with van der Waals surface area (Å²) in [5.74, 6) is -2.77. The van der Waals surface area contributed by atoms with Crippen molar-refractivity contribution in [3.63, 3.8) is 0 Å². The molecule has 0 saturated carbocycles. The summed E-state index contributed by atoms with van der Waals surface area (Å²) in [6.45, 7) is 0.450. The van der Waals surface area contributed by atoms with E-state index in [0.717, 1.165) is 6.92 Å². The van der Waals surface area contributed by atoms with Crippen molar-refractivity contribution in [1.29, 1.82) is 0 Å². The molecule has 15 heavy (non-hydrogen) atoms. The van der Waals surface area contributed by atoms with Gasteiger partial charge in [0.2, 0.25) is 0 Å². The number of hydrogen-bond donors (Lipinski definition) is 0. The van der Waals surface area contributed by atoms with Crippen LogP contribution in [0.4, 0.5) is 8.78 Å². The molecule has 80 valence electrons. The molecular weight excluding hydrogens is 224 g/mol. The van der Waals surface area contributed by atoms with Gasteiger partial charge >= 0.3 is 0 Å². The highest BCUT2D eigenvalue weighted by molar-refractivity contribution is 6.33. The lowest BCUT2D eigenvalue weighted by atomic mass is 10.3. The number of imidazole rings is 1. The van der Waals surface area contributed by atoms with Crippen molar-refractivity contribution >= 4 is 22.6 Å². The van der Waals surface area contributed by atoms with E-state index in [4.69, 9.17) is 11.6 Å². The standard InChI is InChI=1S/C9H8ClF2N3/c1-9(11,12)4-15-5-14-7-6(15)2-3-13-8(7)10/h2-3,5H,4H2,1H3. The number of alkyl halides is 2. The van der Waals surface area contributed by atoms with Crippen LogP contribution < -0.4 is 0 Å². The summed E-state index contributed by atoms with van der Waals surface area (Å²) >= 11 is 5.77. The van der Waals surface area contributed by atoms with Gasteiger partial charge in [0.1, 0.15) is 5.52 Å². The van der Waals surface area contributed by atoms with Gasteiger partial charge in [0.05, 0.1) is 18.4 Å². The van der Waals surface area contributed by atoms with Crippen LogP contribution in [0.3, 0.4) is 0 Å². The highest BCUT2D eigenvalue weighted by Crippen LogP contribution is 2.22. The highest BCUT2D eigenvalue weighted by atomic mass is 35.5. The SMILES string of the molecule is CC(F)(F)Cn1cnc2c(Cl)nccc21. The van der Waals surface area contributed by atoms with E-state index in [2.05, 4.69) is 9.97 Å². The van der Waals surface area contributed by atoms with Crippen LogP contribution in [0.25, 0.3) is 11.0 Å². The minimum absolute atomic E-state index is 0.227. The van der Waals surface area contributed by atoms with E-state index < -0.39 is 12.5 Å². The molecule has 0 atom stereocenters. The van der Waals surface area contributed by atoms with Crippen molar-refractivity contribution < 1.29 is 8.78 Å². The van der Waals surface area contributed by atoms with E-state index in [9.17, 15) is 8.78 Å². The minimum Gasteiger partial charge on any atom is -0.324 e. The summed E-state index contributed by atoms with van der Waals surface area (Å²) in [5.41, 5.74) is 1.01. The molecule has 0 unspecified atom stereocenters. The van der Waals surface area contributed by atoms with Crippen molar-refractivity contribution in [3.05, 3.63) is 23.7 Å². The summed E-state index contributed by atoms with van der Waals surface area (Å²) in [5, 5.41) is 0.227. The highest BCUT2D eigenvalue weighted by Gasteiger charge is 2.23. The topological polar surface area (TPSA) is 30.7 Å². The Morgan fingerprint density at radius 2 is 2.20 bits per heavy atom. The molecule has 6 heteroatoms. The van der Waals surface area contributed by atoms with Gasteiger partial charge < -0.3 is 4.57 Å². The quantitative estimate of drug-likeness (QED) is 0.744. The Morgan fingerprint density at radius 1 is 1.47 bits per heavy atom. The van der Waals surface area contributed by atoms with Crippen LogP contribution in [0.1, 0.15) is 6.92 Å². The Balaban J connectivity index is 2.50. The van der Waals surface area contributed by atoms with Gasteiger partial charge in [-0.1, -0.05) is 11.6 Å². The molecule has 0 aromatic carbocycles. The molecule has 0 fully saturated rings. The maximum Gasteiger partial charge on any atom is 0.262 e. The Bertz CT molecular complexity index is 490. The van der Waals surface area contributed by atoms with Gasteiger partial charge in [-0.3, -0.25) is 0 Å². The summed E-state index contributed by atoms with van der Waals surface area (Å²) in [4.78, 5) is 7.76. The van der Waals surface area contributed by atoms with Crippen LogP contribution in [0.5, 0.6) is 0 Å². The minimum atomic E-state index is -2.77. The molecule has 2 rings (SSSR count). The summed E-state index contributed by atoms with van der Waals surface area (Å²) in [7, 11) is 0. The molecule has 0 N–H and O–H groups in total. The Morgan fingerprint density at radius 3 is 2.87 bits per heavy atom. The van der Waals surface area contributed by atoms with E-state index in [1.807, 2.05) is 0 Å². The predicted molar refractivity (Wildman–Crippen MR) is 53.2 cm³/mol. The molecule has 0 aliphatic rings. The predicted octanol–water partition coefficient (Wildman–Crippen LogP) is 2.74. The largest absolute Gasteiger partial charge is 0.324 e. The lowest BCUT2D eigenvalue weighted by Gasteiger charge is -2.11. The third-order valence-electron chi connectivity index (χ3n) is 1.94. The molecule has 0 bridgehead atoms. The number of aromatic nitrogens is 3. The Hall–Kier alpha value is -1.23. The van der Waals surface area contributed by atoms with Crippen molar-refractivity contribution in [1.82, 2.24) is 14.5 Å². The van der Waals surface area contributed by atoms with Gasteiger partial charge in [0.25, 0.3) is 5.92 Å². The molecule has 0 spiro atoms. The van der Waals surface area contributed by atoms with Crippen LogP contribution in [0.2, 0.25) is 5.15 Å². The van der Waals surface area contributed by atoms with Crippen LogP contribution in [0, 0.1) is 0 Å². The van der Waals surface area contributed by atoms with E-state index >= 15 is 0 Å². The molecule has 0 amide bonds. The molecule has 0 aliphatic heterocycles. The Kier molecular flexibility index (Phi) is 2.34. The van der Waals surface area contributed by atoms with Gasteiger partial charge in [-0.25, -0.2) is 18.7 Å². The first-order valence-corrected chi connectivity index (χ1v) is 4.68. The van der Waals surface area contributed by atoms with Crippen LogP contribution >= 0.6 is 11.6 Å². The summed E-state index contributed by atoms with van der Waals surface area (Å²) in [6, 6.07) is 1.61. The van der Waals surface area contributed by atoms with Crippen molar-refractivity contribution in [3.8, 4) is 0 Å².